The van der Waals surface area contributed by atoms with E-state index in [1.165, 1.54) is 5.56 Å². The Morgan fingerprint density at radius 1 is 1.19 bits per heavy atom. The molecule has 1 heterocycles. The predicted molar refractivity (Wildman–Crippen MR) is 88.8 cm³/mol. The van der Waals surface area contributed by atoms with Gasteiger partial charge in [0.25, 0.3) is 0 Å². The molecule has 114 valence electrons. The third-order valence-corrected chi connectivity index (χ3v) is 4.08. The zero-order valence-corrected chi connectivity index (χ0v) is 13.7. The van der Waals surface area contributed by atoms with Gasteiger partial charge in [-0.2, -0.15) is 5.10 Å². The number of aryl methyl sites for hydroxylation is 3. The summed E-state index contributed by atoms with van der Waals surface area (Å²) in [6.45, 7) is 6.82. The second kappa shape index (κ2) is 8.20. The van der Waals surface area contributed by atoms with Gasteiger partial charge in [-0.25, -0.2) is 0 Å². The highest BCUT2D eigenvalue weighted by Gasteiger charge is 2.13. The summed E-state index contributed by atoms with van der Waals surface area (Å²) in [5.74, 6) is 0. The average molecular weight is 306 g/mol. The summed E-state index contributed by atoms with van der Waals surface area (Å²) in [6, 6.07) is 10.6. The predicted octanol–water partition coefficient (Wildman–Crippen LogP) is 3.84. The summed E-state index contributed by atoms with van der Waals surface area (Å²) < 4.78 is 2.01. The fraction of sp³-hybridized carbons (Fsp3) is 0.471. The quantitative estimate of drug-likeness (QED) is 0.751. The molecule has 2 rings (SSSR count). The van der Waals surface area contributed by atoms with Crippen molar-refractivity contribution in [2.75, 3.05) is 6.54 Å². The third kappa shape index (κ3) is 4.32. The van der Waals surface area contributed by atoms with Gasteiger partial charge in [-0.05, 0) is 38.3 Å². The zero-order valence-electron chi connectivity index (χ0n) is 12.9. The fourth-order valence-electron chi connectivity index (χ4n) is 2.46. The van der Waals surface area contributed by atoms with E-state index < -0.39 is 0 Å². The Kier molecular flexibility index (Phi) is 6.27. The lowest BCUT2D eigenvalue weighted by atomic mass is 10.1. The van der Waals surface area contributed by atoms with E-state index in [1.54, 1.807) is 0 Å². The maximum Gasteiger partial charge on any atom is 0.0863 e. The van der Waals surface area contributed by atoms with Crippen molar-refractivity contribution in [1.82, 2.24) is 15.1 Å². The van der Waals surface area contributed by atoms with Gasteiger partial charge in [0.05, 0.1) is 16.4 Å². The molecule has 1 N–H and O–H groups in total. The van der Waals surface area contributed by atoms with Crippen LogP contribution in [0.25, 0.3) is 0 Å². The van der Waals surface area contributed by atoms with Gasteiger partial charge >= 0.3 is 0 Å². The summed E-state index contributed by atoms with van der Waals surface area (Å²) in [5, 5.41) is 8.85. The summed E-state index contributed by atoms with van der Waals surface area (Å²) in [7, 11) is 0. The van der Waals surface area contributed by atoms with E-state index in [-0.39, 0.29) is 0 Å². The van der Waals surface area contributed by atoms with Crippen LogP contribution in [-0.2, 0) is 25.9 Å². The van der Waals surface area contributed by atoms with E-state index in [2.05, 4.69) is 54.6 Å². The molecule has 2 aromatic rings. The molecule has 0 radical (unpaired) electrons. The summed E-state index contributed by atoms with van der Waals surface area (Å²) in [6.07, 6.45) is 3.12. The molecule has 0 unspecified atom stereocenters. The molecule has 1 aromatic heterocycles. The van der Waals surface area contributed by atoms with Gasteiger partial charge in [0, 0.05) is 13.1 Å². The van der Waals surface area contributed by atoms with Crippen molar-refractivity contribution in [3.63, 3.8) is 0 Å². The second-order valence-electron chi connectivity index (χ2n) is 5.14. The van der Waals surface area contributed by atoms with E-state index in [9.17, 15) is 0 Å². The average Bonchev–Trinajstić information content (AvgIpc) is 2.84. The van der Waals surface area contributed by atoms with Gasteiger partial charge < -0.3 is 5.32 Å². The molecular formula is C17H24ClN3. The first-order valence-electron chi connectivity index (χ1n) is 7.75. The molecule has 0 spiro atoms. The van der Waals surface area contributed by atoms with Crippen LogP contribution in [0, 0.1) is 0 Å². The number of nitrogens with one attached hydrogen (secondary N) is 1. The smallest absolute Gasteiger partial charge is 0.0863 e. The van der Waals surface area contributed by atoms with E-state index in [4.69, 9.17) is 11.6 Å². The number of nitrogens with zero attached hydrogens (tertiary/aromatic N) is 2. The van der Waals surface area contributed by atoms with Crippen molar-refractivity contribution in [3.05, 3.63) is 52.3 Å². The van der Waals surface area contributed by atoms with Crippen molar-refractivity contribution in [3.8, 4) is 0 Å². The number of benzene rings is 1. The highest BCUT2D eigenvalue weighted by Crippen LogP contribution is 2.21. The van der Waals surface area contributed by atoms with Gasteiger partial charge in [-0.15, -0.1) is 0 Å². The minimum Gasteiger partial charge on any atom is -0.311 e. The van der Waals surface area contributed by atoms with Crippen molar-refractivity contribution in [2.45, 2.75) is 46.2 Å². The lowest BCUT2D eigenvalue weighted by Crippen LogP contribution is -2.18. The van der Waals surface area contributed by atoms with Crippen LogP contribution in [0.2, 0.25) is 5.02 Å². The van der Waals surface area contributed by atoms with Gasteiger partial charge in [0.15, 0.2) is 0 Å². The van der Waals surface area contributed by atoms with E-state index in [0.29, 0.717) is 0 Å². The van der Waals surface area contributed by atoms with Gasteiger partial charge in [0.2, 0.25) is 0 Å². The molecule has 3 nitrogen and oxygen atoms in total. The van der Waals surface area contributed by atoms with Crippen LogP contribution in [0.4, 0.5) is 0 Å². The highest BCUT2D eigenvalue weighted by molar-refractivity contribution is 6.31. The van der Waals surface area contributed by atoms with Crippen LogP contribution in [0.15, 0.2) is 30.3 Å². The molecule has 0 amide bonds. The van der Waals surface area contributed by atoms with Crippen LogP contribution in [-0.4, -0.2) is 16.3 Å². The fourth-order valence-corrected chi connectivity index (χ4v) is 2.79. The van der Waals surface area contributed by atoms with Crippen molar-refractivity contribution in [1.29, 1.82) is 0 Å². The topological polar surface area (TPSA) is 29.9 Å². The van der Waals surface area contributed by atoms with Crippen molar-refractivity contribution >= 4 is 11.6 Å². The largest absolute Gasteiger partial charge is 0.311 e. The van der Waals surface area contributed by atoms with Crippen LogP contribution in [0.3, 0.4) is 0 Å². The normalized spacial score (nSPS) is 11.0. The Morgan fingerprint density at radius 2 is 1.95 bits per heavy atom. The minimum absolute atomic E-state index is 0.786. The molecule has 4 heteroatoms. The van der Waals surface area contributed by atoms with E-state index in [0.717, 1.165) is 55.3 Å². The lowest BCUT2D eigenvalue weighted by molar-refractivity contribution is 0.570. The molecule has 0 fully saturated rings. The van der Waals surface area contributed by atoms with Crippen LogP contribution >= 0.6 is 11.6 Å². The molecule has 1 aromatic carbocycles. The molecule has 0 aliphatic rings. The summed E-state index contributed by atoms with van der Waals surface area (Å²) in [4.78, 5) is 0. The Bertz CT molecular complexity index is 549. The maximum absolute atomic E-state index is 6.39. The molecule has 21 heavy (non-hydrogen) atoms. The van der Waals surface area contributed by atoms with E-state index >= 15 is 0 Å². The van der Waals surface area contributed by atoms with Gasteiger partial charge in [-0.3, -0.25) is 4.68 Å². The second-order valence-corrected chi connectivity index (χ2v) is 5.52. The molecule has 0 bridgehead atoms. The van der Waals surface area contributed by atoms with Crippen LogP contribution < -0.4 is 5.32 Å². The molecule has 0 saturated heterocycles. The first kappa shape index (κ1) is 16.1. The monoisotopic (exact) mass is 305 g/mol. The first-order valence-corrected chi connectivity index (χ1v) is 8.12. The van der Waals surface area contributed by atoms with Crippen LogP contribution in [0.5, 0.6) is 0 Å². The molecule has 0 atom stereocenters. The molecule has 0 aliphatic heterocycles. The highest BCUT2D eigenvalue weighted by atomic mass is 35.5. The Labute approximate surface area is 132 Å². The standard InChI is InChI=1S/C17H24ClN3/c1-3-15-17(18)16(21(4-2)20-15)13-19-12-8-11-14-9-6-5-7-10-14/h5-7,9-10,19H,3-4,8,11-13H2,1-2H3. The molecule has 0 saturated carbocycles. The zero-order chi connectivity index (χ0) is 15.1. The van der Waals surface area contributed by atoms with E-state index in [1.807, 2.05) is 4.68 Å². The first-order chi connectivity index (χ1) is 10.3. The third-order valence-electron chi connectivity index (χ3n) is 3.65. The number of halogens is 1. The van der Waals surface area contributed by atoms with Crippen LogP contribution in [0.1, 0.15) is 37.2 Å². The molecular weight excluding hydrogens is 282 g/mol. The summed E-state index contributed by atoms with van der Waals surface area (Å²) >= 11 is 6.39. The summed E-state index contributed by atoms with van der Waals surface area (Å²) in [5.41, 5.74) is 3.50. The lowest BCUT2D eigenvalue weighted by Gasteiger charge is -2.07. The Balaban J connectivity index is 1.79. The van der Waals surface area contributed by atoms with Gasteiger partial charge in [0.1, 0.15) is 0 Å². The number of aromatic nitrogens is 2. The Morgan fingerprint density at radius 3 is 2.62 bits per heavy atom. The Hall–Kier alpha value is -1.32. The number of rotatable bonds is 8. The molecule has 0 aliphatic carbocycles. The number of hydrogen-bond donors (Lipinski definition) is 1. The minimum atomic E-state index is 0.786. The maximum atomic E-state index is 6.39. The number of hydrogen-bond acceptors (Lipinski definition) is 2. The van der Waals surface area contributed by atoms with Crippen molar-refractivity contribution < 1.29 is 0 Å². The van der Waals surface area contributed by atoms with Gasteiger partial charge in [-0.1, -0.05) is 48.9 Å². The van der Waals surface area contributed by atoms with Crippen molar-refractivity contribution in [2.24, 2.45) is 0 Å². The SMILES string of the molecule is CCc1nn(CC)c(CNCCCc2ccccc2)c1Cl.